The quantitative estimate of drug-likeness (QED) is 0.896. The molecule has 18 heavy (non-hydrogen) atoms. The minimum absolute atomic E-state index is 0.0607. The second kappa shape index (κ2) is 5.65. The van der Waals surface area contributed by atoms with Crippen LogP contribution in [0.4, 0.5) is 0 Å². The Morgan fingerprint density at radius 2 is 2.11 bits per heavy atom. The number of rotatable bonds is 4. The molecule has 1 aromatic heterocycles. The summed E-state index contributed by atoms with van der Waals surface area (Å²) in [6, 6.07) is 10.3. The molecule has 1 aromatic carbocycles. The molecule has 0 saturated heterocycles. The van der Waals surface area contributed by atoms with Crippen LogP contribution in [-0.2, 0) is 6.42 Å². The fourth-order valence-electron chi connectivity index (χ4n) is 1.96. The number of hydrogen-bond acceptors (Lipinski definition) is 3. The van der Waals surface area contributed by atoms with Crippen LogP contribution in [0.1, 0.15) is 22.7 Å². The average molecular weight is 242 g/mol. The van der Waals surface area contributed by atoms with Gasteiger partial charge in [0.15, 0.2) is 0 Å². The van der Waals surface area contributed by atoms with Crippen LogP contribution in [0.5, 0.6) is 5.75 Å². The van der Waals surface area contributed by atoms with E-state index < -0.39 is 0 Å². The van der Waals surface area contributed by atoms with E-state index in [-0.39, 0.29) is 6.04 Å². The molecule has 0 fully saturated rings. The summed E-state index contributed by atoms with van der Waals surface area (Å²) in [5, 5.41) is 0. The van der Waals surface area contributed by atoms with Crippen molar-refractivity contribution < 1.29 is 4.74 Å². The van der Waals surface area contributed by atoms with Crippen molar-refractivity contribution in [3.05, 3.63) is 59.4 Å². The predicted molar refractivity (Wildman–Crippen MR) is 72.6 cm³/mol. The first-order valence-electron chi connectivity index (χ1n) is 5.99. The third-order valence-corrected chi connectivity index (χ3v) is 2.94. The highest BCUT2D eigenvalue weighted by atomic mass is 16.5. The van der Waals surface area contributed by atoms with Crippen LogP contribution in [0.15, 0.2) is 42.7 Å². The maximum atomic E-state index is 6.21. The third kappa shape index (κ3) is 3.08. The molecule has 2 aromatic rings. The van der Waals surface area contributed by atoms with Crippen LogP contribution in [0.3, 0.4) is 0 Å². The molecule has 2 N–H and O–H groups in total. The van der Waals surface area contributed by atoms with Crippen molar-refractivity contribution in [3.63, 3.8) is 0 Å². The third-order valence-electron chi connectivity index (χ3n) is 2.94. The Labute approximate surface area is 108 Å². The molecule has 3 nitrogen and oxygen atoms in total. The van der Waals surface area contributed by atoms with Gasteiger partial charge >= 0.3 is 0 Å². The number of methoxy groups -OCH3 is 1. The summed E-state index contributed by atoms with van der Waals surface area (Å²) < 4.78 is 5.16. The smallest absolute Gasteiger partial charge is 0.137 e. The van der Waals surface area contributed by atoms with E-state index in [9.17, 15) is 0 Å². The average Bonchev–Trinajstić information content (AvgIpc) is 2.39. The lowest BCUT2D eigenvalue weighted by Gasteiger charge is -2.13. The van der Waals surface area contributed by atoms with E-state index in [0.717, 1.165) is 17.7 Å². The topological polar surface area (TPSA) is 48.1 Å². The van der Waals surface area contributed by atoms with Gasteiger partial charge in [0.1, 0.15) is 5.75 Å². The van der Waals surface area contributed by atoms with Gasteiger partial charge in [0.05, 0.1) is 13.3 Å². The Kier molecular flexibility index (Phi) is 3.95. The zero-order chi connectivity index (χ0) is 13.0. The summed E-state index contributed by atoms with van der Waals surface area (Å²) in [4.78, 5) is 4.13. The van der Waals surface area contributed by atoms with Gasteiger partial charge in [0.2, 0.25) is 0 Å². The molecule has 0 aliphatic carbocycles. The van der Waals surface area contributed by atoms with Crippen molar-refractivity contribution in [2.75, 3.05) is 7.11 Å². The lowest BCUT2D eigenvalue weighted by atomic mass is 10.00. The van der Waals surface area contributed by atoms with Gasteiger partial charge < -0.3 is 10.5 Å². The van der Waals surface area contributed by atoms with Crippen molar-refractivity contribution in [2.24, 2.45) is 5.73 Å². The van der Waals surface area contributed by atoms with E-state index >= 15 is 0 Å². The first kappa shape index (κ1) is 12.6. The van der Waals surface area contributed by atoms with E-state index in [1.54, 1.807) is 19.5 Å². The molecule has 0 amide bonds. The number of hydrogen-bond donors (Lipinski definition) is 1. The number of nitrogens with two attached hydrogens (primary N) is 1. The zero-order valence-electron chi connectivity index (χ0n) is 10.8. The van der Waals surface area contributed by atoms with Gasteiger partial charge in [-0.25, -0.2) is 0 Å². The fourth-order valence-corrected chi connectivity index (χ4v) is 1.96. The van der Waals surface area contributed by atoms with Crippen LogP contribution >= 0.6 is 0 Å². The Morgan fingerprint density at radius 1 is 1.28 bits per heavy atom. The lowest BCUT2D eigenvalue weighted by Crippen LogP contribution is -2.13. The molecular formula is C15H18N2O. The van der Waals surface area contributed by atoms with Gasteiger partial charge in [0, 0.05) is 12.2 Å². The summed E-state index contributed by atoms with van der Waals surface area (Å²) in [6.45, 7) is 2.09. The van der Waals surface area contributed by atoms with Gasteiger partial charge in [-0.1, -0.05) is 29.8 Å². The Hall–Kier alpha value is -1.87. The molecule has 1 unspecified atom stereocenters. The standard InChI is InChI=1S/C15H18N2O/c1-11-4-3-5-12(6-11)7-15(16)13-8-14(18-2)10-17-9-13/h3-6,8-10,15H,7,16H2,1-2H3. The number of ether oxygens (including phenoxy) is 1. The van der Waals surface area contributed by atoms with Crippen LogP contribution < -0.4 is 10.5 Å². The normalized spacial score (nSPS) is 12.2. The summed E-state index contributed by atoms with van der Waals surface area (Å²) in [6.07, 6.45) is 4.28. The molecule has 0 radical (unpaired) electrons. The highest BCUT2D eigenvalue weighted by Gasteiger charge is 2.08. The van der Waals surface area contributed by atoms with E-state index in [4.69, 9.17) is 10.5 Å². The first-order chi connectivity index (χ1) is 8.69. The molecule has 3 heteroatoms. The van der Waals surface area contributed by atoms with Crippen molar-refractivity contribution in [1.82, 2.24) is 4.98 Å². The van der Waals surface area contributed by atoms with Crippen LogP contribution in [0.2, 0.25) is 0 Å². The maximum Gasteiger partial charge on any atom is 0.137 e. The summed E-state index contributed by atoms with van der Waals surface area (Å²) in [5.74, 6) is 0.743. The molecule has 0 aliphatic rings. The van der Waals surface area contributed by atoms with Crippen molar-refractivity contribution in [2.45, 2.75) is 19.4 Å². The summed E-state index contributed by atoms with van der Waals surface area (Å²) in [7, 11) is 1.63. The number of aromatic nitrogens is 1. The van der Waals surface area contributed by atoms with Crippen molar-refractivity contribution in [3.8, 4) is 5.75 Å². The Bertz CT molecular complexity index is 525. The van der Waals surface area contributed by atoms with Crippen molar-refractivity contribution >= 4 is 0 Å². The molecule has 0 bridgehead atoms. The van der Waals surface area contributed by atoms with Crippen molar-refractivity contribution in [1.29, 1.82) is 0 Å². The number of pyridine rings is 1. The summed E-state index contributed by atoms with van der Waals surface area (Å²) in [5.41, 5.74) is 9.70. The second-order valence-corrected chi connectivity index (χ2v) is 4.46. The second-order valence-electron chi connectivity index (χ2n) is 4.46. The van der Waals surface area contributed by atoms with Crippen LogP contribution in [0, 0.1) is 6.92 Å². The van der Waals surface area contributed by atoms with Crippen LogP contribution in [-0.4, -0.2) is 12.1 Å². The largest absolute Gasteiger partial charge is 0.495 e. The highest BCUT2D eigenvalue weighted by Crippen LogP contribution is 2.19. The number of benzene rings is 1. The minimum atomic E-state index is -0.0607. The van der Waals surface area contributed by atoms with E-state index in [1.165, 1.54) is 11.1 Å². The van der Waals surface area contributed by atoms with E-state index in [2.05, 4.69) is 36.2 Å². The highest BCUT2D eigenvalue weighted by molar-refractivity contribution is 5.29. The van der Waals surface area contributed by atoms with Gasteiger partial charge in [-0.05, 0) is 30.5 Å². The maximum absolute atomic E-state index is 6.21. The molecule has 1 atom stereocenters. The molecule has 1 heterocycles. The molecule has 0 saturated carbocycles. The Morgan fingerprint density at radius 3 is 2.83 bits per heavy atom. The van der Waals surface area contributed by atoms with E-state index in [0.29, 0.717) is 0 Å². The Balaban J connectivity index is 2.13. The zero-order valence-corrected chi connectivity index (χ0v) is 10.8. The van der Waals surface area contributed by atoms with Gasteiger partial charge in [0.25, 0.3) is 0 Å². The van der Waals surface area contributed by atoms with Gasteiger partial charge in [-0.2, -0.15) is 0 Å². The van der Waals surface area contributed by atoms with Crippen LogP contribution in [0.25, 0.3) is 0 Å². The molecule has 0 aliphatic heterocycles. The van der Waals surface area contributed by atoms with Gasteiger partial charge in [-0.15, -0.1) is 0 Å². The van der Waals surface area contributed by atoms with Gasteiger partial charge in [-0.3, -0.25) is 4.98 Å². The first-order valence-corrected chi connectivity index (χ1v) is 5.99. The summed E-state index contributed by atoms with van der Waals surface area (Å²) >= 11 is 0. The lowest BCUT2D eigenvalue weighted by molar-refractivity contribution is 0.411. The number of nitrogens with zero attached hydrogens (tertiary/aromatic N) is 1. The number of aryl methyl sites for hydroxylation is 1. The molecule has 2 rings (SSSR count). The molecule has 0 spiro atoms. The van der Waals surface area contributed by atoms with E-state index in [1.807, 2.05) is 6.07 Å². The monoisotopic (exact) mass is 242 g/mol. The SMILES string of the molecule is COc1cncc(C(N)Cc2cccc(C)c2)c1. The molecule has 94 valence electrons. The molecular weight excluding hydrogens is 224 g/mol. The predicted octanol–water partition coefficient (Wildman–Crippen LogP) is 2.64. The minimum Gasteiger partial charge on any atom is -0.495 e. The fraction of sp³-hybridized carbons (Fsp3) is 0.267.